The number of aromatic nitrogens is 2. The van der Waals surface area contributed by atoms with E-state index in [2.05, 4.69) is 26.5 Å². The van der Waals surface area contributed by atoms with Crippen molar-refractivity contribution in [3.63, 3.8) is 0 Å². The molecular formula is C12H15N3OS. The molecule has 0 saturated carbocycles. The van der Waals surface area contributed by atoms with Crippen LogP contribution in [0.5, 0.6) is 0 Å². The van der Waals surface area contributed by atoms with Gasteiger partial charge >= 0.3 is 0 Å². The van der Waals surface area contributed by atoms with Crippen molar-refractivity contribution < 1.29 is 4.52 Å². The van der Waals surface area contributed by atoms with Gasteiger partial charge in [-0.1, -0.05) is 12.1 Å². The van der Waals surface area contributed by atoms with Crippen LogP contribution >= 0.6 is 11.3 Å². The number of nitrogens with zero attached hydrogens (tertiary/aromatic N) is 3. The third-order valence-electron chi connectivity index (χ3n) is 3.07. The summed E-state index contributed by atoms with van der Waals surface area (Å²) in [5.74, 6) is 1.54. The highest BCUT2D eigenvalue weighted by Crippen LogP contribution is 2.24. The van der Waals surface area contributed by atoms with Gasteiger partial charge in [0, 0.05) is 24.4 Å². The standard InChI is InChI=1S/C12H15N3OS/c1-2-11-13-12(16-14-11)8-15-5-3-10-9(7-15)4-6-17-10/h4,6H,2-3,5,7-8H2,1H3. The van der Waals surface area contributed by atoms with Crippen molar-refractivity contribution in [3.05, 3.63) is 33.6 Å². The zero-order chi connectivity index (χ0) is 11.7. The first-order valence-corrected chi connectivity index (χ1v) is 6.82. The molecule has 0 aromatic carbocycles. The molecule has 2 aromatic heterocycles. The summed E-state index contributed by atoms with van der Waals surface area (Å²) in [6, 6.07) is 2.22. The molecule has 0 amide bonds. The van der Waals surface area contributed by atoms with Gasteiger partial charge in [-0.2, -0.15) is 4.98 Å². The molecule has 3 heterocycles. The predicted molar refractivity (Wildman–Crippen MR) is 65.8 cm³/mol. The fourth-order valence-corrected chi connectivity index (χ4v) is 3.02. The smallest absolute Gasteiger partial charge is 0.240 e. The highest BCUT2D eigenvalue weighted by atomic mass is 32.1. The SMILES string of the molecule is CCc1noc(CN2CCc3sccc3C2)n1. The molecule has 4 nitrogen and oxygen atoms in total. The Morgan fingerprint density at radius 2 is 2.47 bits per heavy atom. The van der Waals surface area contributed by atoms with Gasteiger partial charge < -0.3 is 4.52 Å². The zero-order valence-corrected chi connectivity index (χ0v) is 10.7. The number of rotatable bonds is 3. The Hall–Kier alpha value is -1.20. The summed E-state index contributed by atoms with van der Waals surface area (Å²) in [7, 11) is 0. The second-order valence-corrected chi connectivity index (χ2v) is 5.29. The fraction of sp³-hybridized carbons (Fsp3) is 0.500. The summed E-state index contributed by atoms with van der Waals surface area (Å²) in [6.07, 6.45) is 1.97. The molecule has 0 unspecified atom stereocenters. The third kappa shape index (κ3) is 2.25. The number of thiophene rings is 1. The van der Waals surface area contributed by atoms with Crippen LogP contribution in [0.4, 0.5) is 0 Å². The van der Waals surface area contributed by atoms with Gasteiger partial charge in [-0.3, -0.25) is 4.90 Å². The quantitative estimate of drug-likeness (QED) is 0.836. The van der Waals surface area contributed by atoms with Gasteiger partial charge in [0.05, 0.1) is 6.54 Å². The van der Waals surface area contributed by atoms with Gasteiger partial charge in [0.25, 0.3) is 0 Å². The molecule has 0 fully saturated rings. The number of fused-ring (bicyclic) bond motifs is 1. The van der Waals surface area contributed by atoms with Gasteiger partial charge in [-0.25, -0.2) is 0 Å². The molecule has 1 aliphatic rings. The van der Waals surface area contributed by atoms with E-state index in [-0.39, 0.29) is 0 Å². The lowest BCUT2D eigenvalue weighted by Crippen LogP contribution is -2.29. The normalized spacial score (nSPS) is 16.1. The highest BCUT2D eigenvalue weighted by Gasteiger charge is 2.19. The molecule has 0 atom stereocenters. The Kier molecular flexibility index (Phi) is 2.94. The van der Waals surface area contributed by atoms with E-state index in [1.165, 1.54) is 10.4 Å². The Bertz CT molecular complexity index is 505. The zero-order valence-electron chi connectivity index (χ0n) is 9.85. The van der Waals surface area contributed by atoms with Crippen LogP contribution in [-0.4, -0.2) is 21.6 Å². The highest BCUT2D eigenvalue weighted by molar-refractivity contribution is 7.10. The van der Waals surface area contributed by atoms with E-state index in [1.807, 2.05) is 18.3 Å². The maximum Gasteiger partial charge on any atom is 0.240 e. The number of aryl methyl sites for hydroxylation is 1. The third-order valence-corrected chi connectivity index (χ3v) is 4.09. The van der Waals surface area contributed by atoms with Crippen LogP contribution < -0.4 is 0 Å². The minimum atomic E-state index is 0.737. The van der Waals surface area contributed by atoms with E-state index in [9.17, 15) is 0 Å². The molecule has 1 aliphatic heterocycles. The molecule has 0 saturated heterocycles. The van der Waals surface area contributed by atoms with Crippen molar-refractivity contribution in [2.75, 3.05) is 6.54 Å². The molecule has 2 aromatic rings. The fourth-order valence-electron chi connectivity index (χ4n) is 2.13. The first-order chi connectivity index (χ1) is 8.35. The number of hydrogen-bond donors (Lipinski definition) is 0. The van der Waals surface area contributed by atoms with Crippen LogP contribution in [0.3, 0.4) is 0 Å². The van der Waals surface area contributed by atoms with E-state index < -0.39 is 0 Å². The Morgan fingerprint density at radius 3 is 3.29 bits per heavy atom. The summed E-state index contributed by atoms with van der Waals surface area (Å²) in [5, 5.41) is 6.10. The molecule has 0 N–H and O–H groups in total. The van der Waals surface area contributed by atoms with E-state index in [1.54, 1.807) is 0 Å². The minimum Gasteiger partial charge on any atom is -0.338 e. The van der Waals surface area contributed by atoms with Crippen LogP contribution in [0.15, 0.2) is 16.0 Å². The van der Waals surface area contributed by atoms with Gasteiger partial charge in [0.2, 0.25) is 5.89 Å². The topological polar surface area (TPSA) is 42.2 Å². The first-order valence-electron chi connectivity index (χ1n) is 5.94. The number of hydrogen-bond acceptors (Lipinski definition) is 5. The van der Waals surface area contributed by atoms with Crippen molar-refractivity contribution in [1.29, 1.82) is 0 Å². The van der Waals surface area contributed by atoms with Crippen molar-refractivity contribution in [2.24, 2.45) is 0 Å². The summed E-state index contributed by atoms with van der Waals surface area (Å²) >= 11 is 1.86. The average Bonchev–Trinajstić information content (AvgIpc) is 2.96. The Balaban J connectivity index is 1.67. The van der Waals surface area contributed by atoms with E-state index in [4.69, 9.17) is 4.52 Å². The van der Waals surface area contributed by atoms with Crippen LogP contribution in [0.2, 0.25) is 0 Å². The molecule has 90 valence electrons. The van der Waals surface area contributed by atoms with Crippen molar-refractivity contribution in [2.45, 2.75) is 32.9 Å². The molecule has 0 aliphatic carbocycles. The van der Waals surface area contributed by atoms with E-state index >= 15 is 0 Å². The van der Waals surface area contributed by atoms with E-state index in [0.29, 0.717) is 0 Å². The maximum atomic E-state index is 5.23. The monoisotopic (exact) mass is 249 g/mol. The van der Waals surface area contributed by atoms with Gasteiger partial charge in [-0.05, 0) is 23.4 Å². The lowest BCUT2D eigenvalue weighted by atomic mass is 10.1. The molecule has 0 spiro atoms. The lowest BCUT2D eigenvalue weighted by Gasteiger charge is -2.24. The molecule has 0 bridgehead atoms. The summed E-state index contributed by atoms with van der Waals surface area (Å²) < 4.78 is 5.23. The van der Waals surface area contributed by atoms with Crippen molar-refractivity contribution >= 4 is 11.3 Å². The molecule has 0 radical (unpaired) electrons. The molecule has 17 heavy (non-hydrogen) atoms. The summed E-state index contributed by atoms with van der Waals surface area (Å²) in [6.45, 7) is 4.88. The van der Waals surface area contributed by atoms with Crippen LogP contribution in [0.1, 0.15) is 29.1 Å². The van der Waals surface area contributed by atoms with Crippen molar-refractivity contribution in [1.82, 2.24) is 15.0 Å². The first kappa shape index (κ1) is 10.9. The average molecular weight is 249 g/mol. The van der Waals surface area contributed by atoms with Gasteiger partial charge in [-0.15, -0.1) is 11.3 Å². The largest absolute Gasteiger partial charge is 0.338 e. The summed E-state index contributed by atoms with van der Waals surface area (Å²) in [4.78, 5) is 8.24. The minimum absolute atomic E-state index is 0.737. The second-order valence-electron chi connectivity index (χ2n) is 4.29. The van der Waals surface area contributed by atoms with Gasteiger partial charge in [0.15, 0.2) is 5.82 Å². The summed E-state index contributed by atoms with van der Waals surface area (Å²) in [5.41, 5.74) is 1.46. The maximum absolute atomic E-state index is 5.23. The molecular weight excluding hydrogens is 234 g/mol. The Labute approximate surface area is 104 Å². The predicted octanol–water partition coefficient (Wildman–Crippen LogP) is 2.25. The van der Waals surface area contributed by atoms with Gasteiger partial charge in [0.1, 0.15) is 0 Å². The van der Waals surface area contributed by atoms with Crippen LogP contribution in [0.25, 0.3) is 0 Å². The van der Waals surface area contributed by atoms with Crippen LogP contribution in [0, 0.1) is 0 Å². The van der Waals surface area contributed by atoms with Crippen LogP contribution in [-0.2, 0) is 25.9 Å². The Morgan fingerprint density at radius 1 is 1.53 bits per heavy atom. The molecule has 5 heteroatoms. The second kappa shape index (κ2) is 4.58. The lowest BCUT2D eigenvalue weighted by molar-refractivity contribution is 0.212. The molecule has 3 rings (SSSR count). The van der Waals surface area contributed by atoms with Crippen molar-refractivity contribution in [3.8, 4) is 0 Å². The van der Waals surface area contributed by atoms with E-state index in [0.717, 1.165) is 44.2 Å².